The summed E-state index contributed by atoms with van der Waals surface area (Å²) in [6.45, 7) is 1.46. The number of rotatable bonds is 2. The zero-order chi connectivity index (χ0) is 12.4. The Morgan fingerprint density at radius 3 is 2.94 bits per heavy atom. The van der Waals surface area contributed by atoms with Crippen LogP contribution in [-0.4, -0.2) is 41.7 Å². The molecule has 0 saturated carbocycles. The fourth-order valence-corrected chi connectivity index (χ4v) is 2.28. The van der Waals surface area contributed by atoms with Gasteiger partial charge in [-0.15, -0.1) is 0 Å². The van der Waals surface area contributed by atoms with Crippen molar-refractivity contribution >= 4 is 11.6 Å². The van der Waals surface area contributed by atoms with Crippen molar-refractivity contribution in [2.24, 2.45) is 7.05 Å². The van der Waals surface area contributed by atoms with Gasteiger partial charge in [0.1, 0.15) is 5.69 Å². The number of nitrogens with two attached hydrogens (primary N) is 1. The van der Waals surface area contributed by atoms with Crippen LogP contribution >= 0.6 is 0 Å². The molecule has 1 saturated heterocycles. The first-order valence-electron chi connectivity index (χ1n) is 5.85. The van der Waals surface area contributed by atoms with E-state index in [9.17, 15) is 4.79 Å². The summed E-state index contributed by atoms with van der Waals surface area (Å²) in [6, 6.07) is 1.72. The number of anilines is 1. The molecule has 2 heterocycles. The smallest absolute Gasteiger partial charge is 0.270 e. The molecule has 17 heavy (non-hydrogen) atoms. The van der Waals surface area contributed by atoms with Gasteiger partial charge in [-0.05, 0) is 18.9 Å². The van der Waals surface area contributed by atoms with Crippen LogP contribution in [0.3, 0.4) is 0 Å². The van der Waals surface area contributed by atoms with Crippen molar-refractivity contribution in [2.75, 3.05) is 25.9 Å². The fourth-order valence-electron chi connectivity index (χ4n) is 2.28. The van der Waals surface area contributed by atoms with Crippen molar-refractivity contribution in [3.63, 3.8) is 0 Å². The van der Waals surface area contributed by atoms with Gasteiger partial charge in [-0.25, -0.2) is 0 Å². The molecule has 0 radical (unpaired) electrons. The average Bonchev–Trinajstić information content (AvgIpc) is 2.67. The number of amides is 1. The third-order valence-electron chi connectivity index (χ3n) is 3.24. The lowest BCUT2D eigenvalue weighted by Crippen LogP contribution is -2.43. The quantitative estimate of drug-likeness (QED) is 0.829. The van der Waals surface area contributed by atoms with Crippen LogP contribution in [0.25, 0.3) is 0 Å². The van der Waals surface area contributed by atoms with E-state index >= 15 is 0 Å². The minimum Gasteiger partial charge on any atom is -0.397 e. The molecule has 1 aromatic heterocycles. The van der Waals surface area contributed by atoms with Crippen LogP contribution in [0.4, 0.5) is 5.69 Å². The van der Waals surface area contributed by atoms with E-state index in [0.29, 0.717) is 17.9 Å². The van der Waals surface area contributed by atoms with Crippen LogP contribution < -0.4 is 5.73 Å². The number of ether oxygens (including phenoxy) is 1. The van der Waals surface area contributed by atoms with Crippen molar-refractivity contribution in [1.29, 1.82) is 0 Å². The third kappa shape index (κ3) is 2.44. The molecule has 1 aromatic rings. The molecule has 1 aliphatic heterocycles. The number of piperidine rings is 1. The molecule has 0 spiro atoms. The molecule has 1 unspecified atom stereocenters. The summed E-state index contributed by atoms with van der Waals surface area (Å²) in [5, 5.41) is 0. The first kappa shape index (κ1) is 12.0. The highest BCUT2D eigenvalue weighted by Gasteiger charge is 2.25. The number of hydrogen-bond donors (Lipinski definition) is 1. The van der Waals surface area contributed by atoms with Crippen molar-refractivity contribution in [3.05, 3.63) is 18.0 Å². The minimum atomic E-state index is 0.0333. The van der Waals surface area contributed by atoms with Crippen LogP contribution in [0, 0.1) is 0 Å². The third-order valence-corrected chi connectivity index (χ3v) is 3.24. The second kappa shape index (κ2) is 4.79. The first-order chi connectivity index (χ1) is 8.11. The van der Waals surface area contributed by atoms with E-state index in [1.165, 1.54) is 0 Å². The van der Waals surface area contributed by atoms with Gasteiger partial charge < -0.3 is 19.9 Å². The molecule has 0 aromatic carbocycles. The van der Waals surface area contributed by atoms with Gasteiger partial charge in [-0.2, -0.15) is 0 Å². The van der Waals surface area contributed by atoms with E-state index in [1.807, 2.05) is 11.9 Å². The molecule has 0 aliphatic carbocycles. The number of likely N-dealkylation sites (tertiary alicyclic amines) is 1. The van der Waals surface area contributed by atoms with Gasteiger partial charge in [0.05, 0.1) is 11.8 Å². The van der Waals surface area contributed by atoms with Gasteiger partial charge in [-0.3, -0.25) is 4.79 Å². The lowest BCUT2D eigenvalue weighted by Gasteiger charge is -2.31. The Kier molecular flexibility index (Phi) is 3.38. The number of nitrogen functional groups attached to an aromatic ring is 1. The fraction of sp³-hybridized carbons (Fsp3) is 0.583. The number of aromatic nitrogens is 1. The van der Waals surface area contributed by atoms with Crippen LogP contribution in [0.2, 0.25) is 0 Å². The van der Waals surface area contributed by atoms with Gasteiger partial charge in [0.25, 0.3) is 5.91 Å². The number of carbonyl (C=O) groups is 1. The van der Waals surface area contributed by atoms with Gasteiger partial charge in [0, 0.05) is 33.4 Å². The van der Waals surface area contributed by atoms with Crippen LogP contribution in [0.5, 0.6) is 0 Å². The highest BCUT2D eigenvalue weighted by atomic mass is 16.5. The maximum Gasteiger partial charge on any atom is 0.270 e. The predicted molar refractivity (Wildman–Crippen MR) is 65.8 cm³/mol. The van der Waals surface area contributed by atoms with Gasteiger partial charge in [0.15, 0.2) is 0 Å². The first-order valence-corrected chi connectivity index (χ1v) is 5.85. The standard InChI is InChI=1S/C12H19N3O2/c1-14-7-9(13)6-11(14)12(16)15-5-3-4-10(8-15)17-2/h6-7,10H,3-5,8,13H2,1-2H3. The van der Waals surface area contributed by atoms with E-state index in [4.69, 9.17) is 10.5 Å². The Labute approximate surface area is 101 Å². The van der Waals surface area contributed by atoms with Gasteiger partial charge in [-0.1, -0.05) is 0 Å². The topological polar surface area (TPSA) is 60.5 Å². The summed E-state index contributed by atoms with van der Waals surface area (Å²) in [5.41, 5.74) is 6.94. The van der Waals surface area contributed by atoms with E-state index in [2.05, 4.69) is 0 Å². The Bertz CT molecular complexity index is 414. The summed E-state index contributed by atoms with van der Waals surface area (Å²) in [6.07, 6.45) is 3.93. The van der Waals surface area contributed by atoms with Crippen LogP contribution in [0.1, 0.15) is 23.3 Å². The molecular formula is C12H19N3O2. The minimum absolute atomic E-state index is 0.0333. The lowest BCUT2D eigenvalue weighted by atomic mass is 10.1. The van der Waals surface area contributed by atoms with Crippen molar-refractivity contribution in [3.8, 4) is 0 Å². The Hall–Kier alpha value is -1.49. The molecule has 2 N–H and O–H groups in total. The van der Waals surface area contributed by atoms with Crippen molar-refractivity contribution in [1.82, 2.24) is 9.47 Å². The van der Waals surface area contributed by atoms with Crippen LogP contribution in [0.15, 0.2) is 12.3 Å². The maximum absolute atomic E-state index is 12.3. The number of hydrogen-bond acceptors (Lipinski definition) is 3. The molecule has 1 amide bonds. The number of methoxy groups -OCH3 is 1. The molecule has 94 valence electrons. The summed E-state index contributed by atoms with van der Waals surface area (Å²) in [4.78, 5) is 14.1. The predicted octanol–water partition coefficient (Wildman–Crippen LogP) is 0.858. The molecule has 1 atom stereocenters. The number of aryl methyl sites for hydroxylation is 1. The Morgan fingerprint density at radius 2 is 2.35 bits per heavy atom. The zero-order valence-corrected chi connectivity index (χ0v) is 10.3. The Balaban J connectivity index is 2.12. The molecule has 0 bridgehead atoms. The molecule has 1 aliphatic rings. The summed E-state index contributed by atoms with van der Waals surface area (Å²) in [7, 11) is 3.53. The molecular weight excluding hydrogens is 218 g/mol. The van der Waals surface area contributed by atoms with Crippen molar-refractivity contribution in [2.45, 2.75) is 18.9 Å². The number of nitrogens with zero attached hydrogens (tertiary/aromatic N) is 2. The Morgan fingerprint density at radius 1 is 1.59 bits per heavy atom. The second-order valence-corrected chi connectivity index (χ2v) is 4.52. The van der Waals surface area contributed by atoms with Gasteiger partial charge in [0.2, 0.25) is 0 Å². The van der Waals surface area contributed by atoms with Gasteiger partial charge >= 0.3 is 0 Å². The van der Waals surface area contributed by atoms with E-state index < -0.39 is 0 Å². The van der Waals surface area contributed by atoms with E-state index in [0.717, 1.165) is 19.4 Å². The normalized spacial score (nSPS) is 20.6. The monoisotopic (exact) mass is 237 g/mol. The molecule has 1 fully saturated rings. The summed E-state index contributed by atoms with van der Waals surface area (Å²) in [5.74, 6) is 0.0333. The SMILES string of the molecule is COC1CCCN(C(=O)c2cc(N)cn2C)C1. The average molecular weight is 237 g/mol. The van der Waals surface area contributed by atoms with Crippen LogP contribution in [-0.2, 0) is 11.8 Å². The summed E-state index contributed by atoms with van der Waals surface area (Å²) >= 11 is 0. The highest BCUT2D eigenvalue weighted by molar-refractivity contribution is 5.93. The lowest BCUT2D eigenvalue weighted by molar-refractivity contribution is 0.0264. The second-order valence-electron chi connectivity index (χ2n) is 4.52. The maximum atomic E-state index is 12.3. The van der Waals surface area contributed by atoms with E-state index in [1.54, 1.807) is 23.9 Å². The molecule has 5 heteroatoms. The van der Waals surface area contributed by atoms with Crippen molar-refractivity contribution < 1.29 is 9.53 Å². The highest BCUT2D eigenvalue weighted by Crippen LogP contribution is 2.17. The molecule has 2 rings (SSSR count). The summed E-state index contributed by atoms with van der Waals surface area (Å²) < 4.78 is 7.09. The van der Waals surface area contributed by atoms with E-state index in [-0.39, 0.29) is 12.0 Å². The zero-order valence-electron chi connectivity index (χ0n) is 10.3. The molecule has 5 nitrogen and oxygen atoms in total. The number of carbonyl (C=O) groups excluding carboxylic acids is 1. The largest absolute Gasteiger partial charge is 0.397 e.